The van der Waals surface area contributed by atoms with E-state index in [1.54, 1.807) is 22.8 Å². The maximum Gasteiger partial charge on any atom is 0.317 e. The first-order valence-electron chi connectivity index (χ1n) is 8.06. The lowest BCUT2D eigenvalue weighted by atomic mass is 10.1. The second-order valence-corrected chi connectivity index (χ2v) is 6.10. The van der Waals surface area contributed by atoms with Gasteiger partial charge in [-0.1, -0.05) is 18.2 Å². The molecule has 2 aromatic heterocycles. The summed E-state index contributed by atoms with van der Waals surface area (Å²) in [6.07, 6.45) is 3.64. The van der Waals surface area contributed by atoms with Crippen LogP contribution in [-0.2, 0) is 13.6 Å². The Morgan fingerprint density at radius 2 is 2.16 bits per heavy atom. The average molecular weight is 339 g/mol. The van der Waals surface area contributed by atoms with Crippen LogP contribution in [0.3, 0.4) is 0 Å². The second-order valence-electron chi connectivity index (χ2n) is 6.10. The number of hydrogen-bond acceptors (Lipinski definition) is 3. The quantitative estimate of drug-likeness (QED) is 0.764. The molecule has 0 aliphatic heterocycles. The topological polar surface area (TPSA) is 83.0 Å². The number of aromatic amines is 1. The summed E-state index contributed by atoms with van der Waals surface area (Å²) in [5, 5.41) is 7.94. The third-order valence-electron chi connectivity index (χ3n) is 4.37. The van der Waals surface area contributed by atoms with Gasteiger partial charge in [0.2, 0.25) is 5.56 Å². The Kier molecular flexibility index (Phi) is 4.56. The highest BCUT2D eigenvalue weighted by Gasteiger charge is 2.18. The van der Waals surface area contributed by atoms with Crippen molar-refractivity contribution in [2.24, 2.45) is 7.05 Å². The Morgan fingerprint density at radius 3 is 2.88 bits per heavy atom. The number of benzene rings is 1. The van der Waals surface area contributed by atoms with E-state index in [0.29, 0.717) is 0 Å². The van der Waals surface area contributed by atoms with E-state index < -0.39 is 0 Å². The predicted molar refractivity (Wildman–Crippen MR) is 96.2 cm³/mol. The van der Waals surface area contributed by atoms with Crippen molar-refractivity contribution >= 4 is 16.9 Å². The molecule has 7 nitrogen and oxygen atoms in total. The normalized spacial score (nSPS) is 12.1. The number of urea groups is 1. The van der Waals surface area contributed by atoms with E-state index >= 15 is 0 Å². The fourth-order valence-electron chi connectivity index (χ4n) is 2.77. The zero-order chi connectivity index (χ0) is 18.0. The van der Waals surface area contributed by atoms with Crippen LogP contribution in [0.2, 0.25) is 0 Å². The molecule has 0 unspecified atom stereocenters. The van der Waals surface area contributed by atoms with Gasteiger partial charge in [-0.15, -0.1) is 0 Å². The molecule has 7 heteroatoms. The van der Waals surface area contributed by atoms with Gasteiger partial charge in [0.25, 0.3) is 0 Å². The van der Waals surface area contributed by atoms with Crippen molar-refractivity contribution in [2.75, 3.05) is 7.05 Å². The van der Waals surface area contributed by atoms with Crippen molar-refractivity contribution < 1.29 is 4.79 Å². The Labute approximate surface area is 145 Å². The number of carbonyl (C=O) groups excluding carboxylic acids is 1. The van der Waals surface area contributed by atoms with E-state index in [2.05, 4.69) is 15.4 Å². The van der Waals surface area contributed by atoms with Crippen molar-refractivity contribution in [3.63, 3.8) is 0 Å². The molecule has 3 rings (SSSR count). The summed E-state index contributed by atoms with van der Waals surface area (Å²) < 4.78 is 1.71. The predicted octanol–water partition coefficient (Wildman–Crippen LogP) is 2.16. The van der Waals surface area contributed by atoms with Crippen LogP contribution < -0.4 is 10.9 Å². The van der Waals surface area contributed by atoms with Crippen molar-refractivity contribution in [3.05, 3.63) is 64.2 Å². The number of aromatic nitrogens is 3. The van der Waals surface area contributed by atoms with Crippen LogP contribution >= 0.6 is 0 Å². The maximum atomic E-state index is 12.5. The molecule has 1 atom stereocenters. The summed E-state index contributed by atoms with van der Waals surface area (Å²) in [5.74, 6) is 0. The Balaban J connectivity index is 1.73. The number of carbonyl (C=O) groups is 1. The van der Waals surface area contributed by atoms with Gasteiger partial charge >= 0.3 is 6.03 Å². The summed E-state index contributed by atoms with van der Waals surface area (Å²) in [6.45, 7) is 2.23. The minimum atomic E-state index is -0.208. The van der Waals surface area contributed by atoms with E-state index in [0.717, 1.165) is 22.0 Å². The van der Waals surface area contributed by atoms with Crippen LogP contribution in [-0.4, -0.2) is 32.7 Å². The number of nitrogens with zero attached hydrogens (tertiary/aromatic N) is 3. The average Bonchev–Trinajstić information content (AvgIpc) is 3.04. The van der Waals surface area contributed by atoms with Crippen LogP contribution in [0.15, 0.2) is 47.5 Å². The maximum absolute atomic E-state index is 12.5. The number of hydrogen-bond donors (Lipinski definition) is 2. The minimum absolute atomic E-state index is 0.107. The molecule has 0 bridgehead atoms. The first kappa shape index (κ1) is 16.8. The fourth-order valence-corrected chi connectivity index (χ4v) is 2.77. The molecule has 1 aromatic carbocycles. The van der Waals surface area contributed by atoms with Gasteiger partial charge in [-0.25, -0.2) is 4.79 Å². The van der Waals surface area contributed by atoms with Crippen LogP contribution in [0.25, 0.3) is 10.9 Å². The molecule has 130 valence electrons. The first-order valence-corrected chi connectivity index (χ1v) is 8.06. The summed E-state index contributed by atoms with van der Waals surface area (Å²) in [7, 11) is 3.58. The summed E-state index contributed by atoms with van der Waals surface area (Å²) in [5.41, 5.74) is 2.33. The highest BCUT2D eigenvalue weighted by atomic mass is 16.2. The third-order valence-corrected chi connectivity index (χ3v) is 4.37. The number of aryl methyl sites for hydroxylation is 1. The molecule has 2 heterocycles. The van der Waals surface area contributed by atoms with Crippen LogP contribution in [0.5, 0.6) is 0 Å². The van der Waals surface area contributed by atoms with Gasteiger partial charge in [-0.3, -0.25) is 9.48 Å². The van der Waals surface area contributed by atoms with Crippen molar-refractivity contribution in [3.8, 4) is 0 Å². The second kappa shape index (κ2) is 6.80. The fraction of sp³-hybridized carbons (Fsp3) is 0.278. The molecule has 0 saturated heterocycles. The summed E-state index contributed by atoms with van der Waals surface area (Å²) in [6, 6.07) is 8.75. The van der Waals surface area contributed by atoms with E-state index in [1.165, 1.54) is 6.07 Å². The molecule has 2 amide bonds. The first-order chi connectivity index (χ1) is 12.0. The molecule has 0 radical (unpaired) electrons. The Morgan fingerprint density at radius 1 is 1.40 bits per heavy atom. The number of para-hydroxylation sites is 1. The molecular weight excluding hydrogens is 318 g/mol. The van der Waals surface area contributed by atoms with Gasteiger partial charge in [0.1, 0.15) is 0 Å². The monoisotopic (exact) mass is 339 g/mol. The molecule has 0 saturated carbocycles. The van der Waals surface area contributed by atoms with Crippen LogP contribution in [0.1, 0.15) is 24.1 Å². The van der Waals surface area contributed by atoms with Crippen LogP contribution in [0, 0.1) is 0 Å². The molecule has 25 heavy (non-hydrogen) atoms. The zero-order valence-corrected chi connectivity index (χ0v) is 14.5. The van der Waals surface area contributed by atoms with Crippen molar-refractivity contribution in [1.29, 1.82) is 0 Å². The molecular formula is C18H21N5O2. The number of H-pyrrole nitrogens is 1. The van der Waals surface area contributed by atoms with Gasteiger partial charge < -0.3 is 15.2 Å². The van der Waals surface area contributed by atoms with E-state index in [4.69, 9.17) is 0 Å². The number of nitrogens with one attached hydrogen (secondary N) is 2. The van der Waals surface area contributed by atoms with Gasteiger partial charge in [0.05, 0.1) is 12.2 Å². The SMILES string of the molecule is C[C@H](c1cnn(C)c1)N(C)C(=O)NCc1cc(=O)[nH]c2ccccc12. The minimum Gasteiger partial charge on any atom is -0.334 e. The lowest BCUT2D eigenvalue weighted by molar-refractivity contribution is 0.194. The molecule has 0 aliphatic carbocycles. The third kappa shape index (κ3) is 3.55. The number of amides is 2. The van der Waals surface area contributed by atoms with Gasteiger partial charge in [0.15, 0.2) is 0 Å². The number of fused-ring (bicyclic) bond motifs is 1. The Bertz CT molecular complexity index is 959. The number of rotatable bonds is 4. The number of pyridine rings is 1. The van der Waals surface area contributed by atoms with E-state index in [9.17, 15) is 9.59 Å². The molecule has 0 fully saturated rings. The highest BCUT2D eigenvalue weighted by molar-refractivity contribution is 5.82. The van der Waals surface area contributed by atoms with Gasteiger partial charge in [-0.2, -0.15) is 5.10 Å². The van der Waals surface area contributed by atoms with Crippen molar-refractivity contribution in [2.45, 2.75) is 19.5 Å². The standard InChI is InChI=1S/C18H21N5O2/c1-12(14-10-20-22(2)11-14)23(3)18(25)19-9-13-8-17(24)21-16-7-5-4-6-15(13)16/h4-8,10-12H,9H2,1-3H3,(H,19,25)(H,21,24)/t12-/m1/s1. The Hall–Kier alpha value is -3.09. The molecule has 0 aliphatic rings. The lowest BCUT2D eigenvalue weighted by Gasteiger charge is -2.24. The smallest absolute Gasteiger partial charge is 0.317 e. The van der Waals surface area contributed by atoms with Gasteiger partial charge in [-0.05, 0) is 18.6 Å². The lowest BCUT2D eigenvalue weighted by Crippen LogP contribution is -2.38. The van der Waals surface area contributed by atoms with Crippen molar-refractivity contribution in [1.82, 2.24) is 25.0 Å². The highest BCUT2D eigenvalue weighted by Crippen LogP contribution is 2.18. The molecule has 0 spiro atoms. The van der Waals surface area contributed by atoms with Crippen LogP contribution in [0.4, 0.5) is 4.79 Å². The van der Waals surface area contributed by atoms with Gasteiger partial charge in [0, 0.05) is 49.4 Å². The largest absolute Gasteiger partial charge is 0.334 e. The van der Waals surface area contributed by atoms with E-state index in [1.807, 2.05) is 44.4 Å². The van der Waals surface area contributed by atoms with E-state index in [-0.39, 0.29) is 24.2 Å². The molecule has 3 aromatic rings. The summed E-state index contributed by atoms with van der Waals surface area (Å²) >= 11 is 0. The zero-order valence-electron chi connectivity index (χ0n) is 14.5. The molecule has 2 N–H and O–H groups in total. The summed E-state index contributed by atoms with van der Waals surface area (Å²) in [4.78, 5) is 28.7.